The number of hydrogen-bond donors (Lipinski definition) is 1. The van der Waals surface area contributed by atoms with Crippen LogP contribution in [0.25, 0.3) is 4.96 Å². The number of aromatic nitrogens is 3. The van der Waals surface area contributed by atoms with Gasteiger partial charge >= 0.3 is 0 Å². The van der Waals surface area contributed by atoms with E-state index in [1.807, 2.05) is 22.9 Å². The van der Waals surface area contributed by atoms with E-state index in [0.29, 0.717) is 25.6 Å². The lowest BCUT2D eigenvalue weighted by Gasteiger charge is -2.21. The first kappa shape index (κ1) is 23.2. The second-order valence-corrected chi connectivity index (χ2v) is 9.99. The van der Waals surface area contributed by atoms with E-state index in [1.165, 1.54) is 11.3 Å². The minimum atomic E-state index is -0.511. The number of fused-ring (bicyclic) bond motifs is 1. The molecule has 176 valence electrons. The van der Waals surface area contributed by atoms with Gasteiger partial charge in [-0.3, -0.25) is 18.8 Å². The average molecular weight is 470 g/mol. The van der Waals surface area contributed by atoms with Gasteiger partial charge in [0.1, 0.15) is 11.1 Å². The monoisotopic (exact) mass is 469 g/mol. The van der Waals surface area contributed by atoms with Crippen LogP contribution in [-0.4, -0.2) is 43.8 Å². The number of imidazole rings is 1. The van der Waals surface area contributed by atoms with Gasteiger partial charge < -0.3 is 14.8 Å². The molecule has 33 heavy (non-hydrogen) atoms. The molecule has 0 bridgehead atoms. The summed E-state index contributed by atoms with van der Waals surface area (Å²) in [6.45, 7) is 8.22. The molecule has 4 heterocycles. The lowest BCUT2D eigenvalue weighted by atomic mass is 10.1. The number of carbonyl (C=O) groups is 2. The third kappa shape index (κ3) is 5.19. The fourth-order valence-electron chi connectivity index (χ4n) is 4.21. The first-order chi connectivity index (χ1) is 15.8. The van der Waals surface area contributed by atoms with Crippen LogP contribution in [0.1, 0.15) is 71.6 Å². The number of amides is 2. The second-order valence-electron chi connectivity index (χ2n) is 9.16. The van der Waals surface area contributed by atoms with Crippen LogP contribution >= 0.6 is 11.3 Å². The summed E-state index contributed by atoms with van der Waals surface area (Å²) in [6.07, 6.45) is 9.12. The van der Waals surface area contributed by atoms with Gasteiger partial charge in [-0.15, -0.1) is 11.3 Å². The van der Waals surface area contributed by atoms with Crippen molar-refractivity contribution in [1.29, 1.82) is 0 Å². The normalized spacial score (nSPS) is 14.6. The molecule has 9 heteroatoms. The number of thiazole rings is 1. The van der Waals surface area contributed by atoms with Crippen LogP contribution in [0.5, 0.6) is 0 Å². The summed E-state index contributed by atoms with van der Waals surface area (Å²) in [4.78, 5) is 46.6. The van der Waals surface area contributed by atoms with Gasteiger partial charge in [0.2, 0.25) is 5.43 Å². The Morgan fingerprint density at radius 1 is 1.09 bits per heavy atom. The fourth-order valence-corrected chi connectivity index (χ4v) is 5.08. The van der Waals surface area contributed by atoms with E-state index in [1.54, 1.807) is 21.9 Å². The third-order valence-corrected chi connectivity index (χ3v) is 6.85. The van der Waals surface area contributed by atoms with Crippen molar-refractivity contribution in [1.82, 2.24) is 24.2 Å². The number of aryl methyl sites for hydroxylation is 1. The highest BCUT2D eigenvalue weighted by Gasteiger charge is 2.24. The van der Waals surface area contributed by atoms with Crippen LogP contribution in [0.4, 0.5) is 0 Å². The van der Waals surface area contributed by atoms with Gasteiger partial charge in [0, 0.05) is 49.3 Å². The van der Waals surface area contributed by atoms with Crippen molar-refractivity contribution in [2.75, 3.05) is 13.1 Å². The molecular formula is C24H31N5O3S. The van der Waals surface area contributed by atoms with Gasteiger partial charge in [-0.05, 0) is 25.7 Å². The molecule has 3 aromatic heterocycles. The number of hydrogen-bond acceptors (Lipinski definition) is 5. The molecule has 0 spiro atoms. The van der Waals surface area contributed by atoms with Crippen LogP contribution in [-0.2, 0) is 13.1 Å². The van der Waals surface area contributed by atoms with E-state index in [-0.39, 0.29) is 23.6 Å². The van der Waals surface area contributed by atoms with Crippen LogP contribution in [0.3, 0.4) is 0 Å². The predicted molar refractivity (Wildman–Crippen MR) is 129 cm³/mol. The molecule has 1 fully saturated rings. The molecule has 0 saturated carbocycles. The molecule has 0 unspecified atom stereocenters. The number of nitrogens with zero attached hydrogens (tertiary/aromatic N) is 4. The van der Waals surface area contributed by atoms with Gasteiger partial charge in [0.05, 0.1) is 12.2 Å². The van der Waals surface area contributed by atoms with Crippen molar-refractivity contribution < 1.29 is 9.59 Å². The van der Waals surface area contributed by atoms with Crippen molar-refractivity contribution in [3.05, 3.63) is 56.7 Å². The molecule has 0 aliphatic carbocycles. The van der Waals surface area contributed by atoms with E-state index in [2.05, 4.69) is 24.1 Å². The highest BCUT2D eigenvalue weighted by molar-refractivity contribution is 7.15. The maximum absolute atomic E-state index is 13.2. The summed E-state index contributed by atoms with van der Waals surface area (Å²) in [7, 11) is 0. The molecule has 1 saturated heterocycles. The largest absolute Gasteiger partial charge is 0.352 e. The Morgan fingerprint density at radius 3 is 2.45 bits per heavy atom. The fraction of sp³-hybridized carbons (Fsp3) is 0.500. The van der Waals surface area contributed by atoms with E-state index in [4.69, 9.17) is 0 Å². The maximum atomic E-state index is 13.2. The number of pyridine rings is 1. The molecule has 1 N–H and O–H groups in total. The number of nitrogens with one attached hydrogen (secondary N) is 1. The van der Waals surface area contributed by atoms with Crippen molar-refractivity contribution >= 4 is 28.1 Å². The number of rotatable bonds is 6. The quantitative estimate of drug-likeness (QED) is 0.599. The molecule has 2 amide bonds. The average Bonchev–Trinajstić information content (AvgIpc) is 3.21. The third-order valence-electron chi connectivity index (χ3n) is 5.89. The minimum Gasteiger partial charge on any atom is -0.352 e. The molecule has 1 aliphatic rings. The predicted octanol–water partition coefficient (Wildman–Crippen LogP) is 3.47. The number of carbonyl (C=O) groups excluding carboxylic acids is 2. The highest BCUT2D eigenvalue weighted by Crippen LogP contribution is 2.16. The maximum Gasteiger partial charge on any atom is 0.259 e. The molecular weight excluding hydrogens is 438 g/mol. The molecule has 0 aromatic carbocycles. The Bertz CT molecular complexity index is 1210. The SMILES string of the molecule is Cc1csc2nc(CNC(=O)c3cn(CC(C)C)cc(C(=O)N4CCCCCC4)c3=O)cn12. The van der Waals surface area contributed by atoms with Crippen molar-refractivity contribution in [3.8, 4) is 0 Å². The van der Waals surface area contributed by atoms with E-state index >= 15 is 0 Å². The smallest absolute Gasteiger partial charge is 0.259 e. The summed E-state index contributed by atoms with van der Waals surface area (Å²) < 4.78 is 3.77. The van der Waals surface area contributed by atoms with Crippen LogP contribution in [0.15, 0.2) is 28.8 Å². The lowest BCUT2D eigenvalue weighted by Crippen LogP contribution is -2.38. The minimum absolute atomic E-state index is 0.00600. The van der Waals surface area contributed by atoms with E-state index < -0.39 is 11.3 Å². The first-order valence-corrected chi connectivity index (χ1v) is 12.4. The van der Waals surface area contributed by atoms with Gasteiger partial charge in [0.15, 0.2) is 4.96 Å². The molecule has 1 aliphatic heterocycles. The first-order valence-electron chi connectivity index (χ1n) is 11.6. The standard InChI is InChI=1S/C24H31N5O3S/c1-16(2)11-27-13-19(21(30)20(14-27)23(32)28-8-6-4-5-7-9-28)22(31)25-10-18-12-29-17(3)15-33-24(29)26-18/h12-16H,4-11H2,1-3H3,(H,25,31). The zero-order valence-electron chi connectivity index (χ0n) is 19.5. The zero-order chi connectivity index (χ0) is 23.5. The molecule has 4 rings (SSSR count). The second kappa shape index (κ2) is 9.91. The van der Waals surface area contributed by atoms with Crippen LogP contribution < -0.4 is 10.7 Å². The zero-order valence-corrected chi connectivity index (χ0v) is 20.3. The van der Waals surface area contributed by atoms with E-state index in [0.717, 1.165) is 42.0 Å². The Kier molecular flexibility index (Phi) is 6.97. The Balaban J connectivity index is 1.59. The summed E-state index contributed by atoms with van der Waals surface area (Å²) in [6, 6.07) is 0. The van der Waals surface area contributed by atoms with Gasteiger partial charge in [-0.1, -0.05) is 26.7 Å². The summed E-state index contributed by atoms with van der Waals surface area (Å²) in [5, 5.41) is 4.84. The summed E-state index contributed by atoms with van der Waals surface area (Å²) >= 11 is 1.54. The van der Waals surface area contributed by atoms with E-state index in [9.17, 15) is 14.4 Å². The van der Waals surface area contributed by atoms with Crippen LogP contribution in [0, 0.1) is 12.8 Å². The van der Waals surface area contributed by atoms with Crippen molar-refractivity contribution in [3.63, 3.8) is 0 Å². The molecule has 0 atom stereocenters. The Labute approximate surface area is 197 Å². The Hall–Kier alpha value is -2.94. The van der Waals surface area contributed by atoms with Gasteiger partial charge in [0.25, 0.3) is 11.8 Å². The highest BCUT2D eigenvalue weighted by atomic mass is 32.1. The van der Waals surface area contributed by atoms with Gasteiger partial charge in [-0.2, -0.15) is 0 Å². The molecule has 8 nitrogen and oxygen atoms in total. The molecule has 3 aromatic rings. The lowest BCUT2D eigenvalue weighted by molar-refractivity contribution is 0.0759. The summed E-state index contributed by atoms with van der Waals surface area (Å²) in [5.74, 6) is -0.471. The topological polar surface area (TPSA) is 88.7 Å². The Morgan fingerprint density at radius 2 is 1.79 bits per heavy atom. The summed E-state index contributed by atoms with van der Waals surface area (Å²) in [5.41, 5.74) is 1.36. The van der Waals surface area contributed by atoms with Crippen molar-refractivity contribution in [2.24, 2.45) is 5.92 Å². The van der Waals surface area contributed by atoms with Crippen LogP contribution in [0.2, 0.25) is 0 Å². The van der Waals surface area contributed by atoms with Crippen molar-refractivity contribution in [2.45, 2.75) is 59.5 Å². The number of likely N-dealkylation sites (tertiary alicyclic amines) is 1. The van der Waals surface area contributed by atoms with Gasteiger partial charge in [-0.25, -0.2) is 4.98 Å². The molecule has 0 radical (unpaired) electrons.